The van der Waals surface area contributed by atoms with Crippen molar-refractivity contribution in [2.75, 3.05) is 106 Å². The van der Waals surface area contributed by atoms with E-state index in [2.05, 4.69) is 19.6 Å². The molecule has 3 N–H and O–H groups in total. The van der Waals surface area contributed by atoms with Gasteiger partial charge in [-0.05, 0) is 0 Å². The van der Waals surface area contributed by atoms with Crippen LogP contribution in [-0.4, -0.2) is 158 Å². The van der Waals surface area contributed by atoms with E-state index in [1.54, 1.807) is 19.0 Å². The minimum absolute atomic E-state index is 0.00713. The van der Waals surface area contributed by atoms with E-state index in [-0.39, 0.29) is 32.2 Å². The zero-order chi connectivity index (χ0) is 22.4. The summed E-state index contributed by atoms with van der Waals surface area (Å²) in [6.07, 6.45) is 0. The van der Waals surface area contributed by atoms with Gasteiger partial charge in [0.05, 0.1) is 26.3 Å². The third kappa shape index (κ3) is 11.7. The maximum absolute atomic E-state index is 12.2. The standard InChI is InChI=1S/C18H37N5O7/c1-19(2)17(24)15-22-7-5-20(11-13-29-27)3-4-21(12-14-30-28)6-8-23(10-9-22)16-18(25)26/h27-28H,3-16H2,1-2H3,(H,25,26). The smallest absolute Gasteiger partial charge is 0.317 e. The van der Waals surface area contributed by atoms with Gasteiger partial charge in [0.15, 0.2) is 0 Å². The van der Waals surface area contributed by atoms with E-state index < -0.39 is 5.97 Å². The highest BCUT2D eigenvalue weighted by Gasteiger charge is 2.19. The van der Waals surface area contributed by atoms with Gasteiger partial charge in [0.25, 0.3) is 0 Å². The minimum Gasteiger partial charge on any atom is -0.480 e. The highest BCUT2D eigenvalue weighted by atomic mass is 17.1. The molecule has 1 amide bonds. The molecule has 12 nitrogen and oxygen atoms in total. The number of carboxylic acid groups (broad SMARTS) is 1. The van der Waals surface area contributed by atoms with Crippen LogP contribution in [0.3, 0.4) is 0 Å². The molecule has 0 bridgehead atoms. The number of hydrogen-bond donors (Lipinski definition) is 3. The van der Waals surface area contributed by atoms with E-state index in [9.17, 15) is 14.7 Å². The highest BCUT2D eigenvalue weighted by Crippen LogP contribution is 2.02. The largest absolute Gasteiger partial charge is 0.480 e. The van der Waals surface area contributed by atoms with Gasteiger partial charge < -0.3 is 10.0 Å². The summed E-state index contributed by atoms with van der Waals surface area (Å²) in [5, 5.41) is 26.6. The van der Waals surface area contributed by atoms with Crippen LogP contribution in [0.25, 0.3) is 0 Å². The number of nitrogens with zero attached hydrogens (tertiary/aromatic N) is 5. The maximum atomic E-state index is 12.2. The third-order valence-electron chi connectivity index (χ3n) is 5.14. The molecule has 0 saturated carbocycles. The second-order valence-corrected chi connectivity index (χ2v) is 7.58. The van der Waals surface area contributed by atoms with Gasteiger partial charge in [-0.1, -0.05) is 0 Å². The van der Waals surface area contributed by atoms with Crippen LogP contribution in [0.4, 0.5) is 0 Å². The average Bonchev–Trinajstić information content (AvgIpc) is 2.69. The lowest BCUT2D eigenvalue weighted by molar-refractivity contribution is -0.245. The molecule has 0 aromatic heterocycles. The first kappa shape index (κ1) is 26.7. The van der Waals surface area contributed by atoms with E-state index in [1.165, 1.54) is 0 Å². The van der Waals surface area contributed by atoms with Crippen molar-refractivity contribution < 1.29 is 35.0 Å². The number of carboxylic acids is 1. The van der Waals surface area contributed by atoms with Crippen molar-refractivity contribution >= 4 is 11.9 Å². The average molecular weight is 436 g/mol. The Labute approximate surface area is 178 Å². The van der Waals surface area contributed by atoms with Crippen molar-refractivity contribution in [3.8, 4) is 0 Å². The first-order chi connectivity index (χ1) is 14.3. The van der Waals surface area contributed by atoms with Crippen LogP contribution in [0.15, 0.2) is 0 Å². The normalized spacial score (nSPS) is 19.2. The summed E-state index contributed by atoms with van der Waals surface area (Å²) in [7, 11) is 3.43. The van der Waals surface area contributed by atoms with Gasteiger partial charge >= 0.3 is 5.97 Å². The lowest BCUT2D eigenvalue weighted by atomic mass is 10.3. The topological polar surface area (TPSA) is 129 Å². The van der Waals surface area contributed by atoms with Crippen molar-refractivity contribution in [1.82, 2.24) is 24.5 Å². The number of rotatable bonds is 10. The Morgan fingerprint density at radius 1 is 0.733 bits per heavy atom. The van der Waals surface area contributed by atoms with Gasteiger partial charge in [0.2, 0.25) is 5.91 Å². The minimum atomic E-state index is -0.890. The summed E-state index contributed by atoms with van der Waals surface area (Å²) >= 11 is 0. The number of hydrogen-bond acceptors (Lipinski definition) is 10. The molecule has 1 fully saturated rings. The molecule has 30 heavy (non-hydrogen) atoms. The molecule has 1 aliphatic rings. The number of amides is 1. The van der Waals surface area contributed by atoms with Gasteiger partial charge in [-0.25, -0.2) is 9.78 Å². The molecule has 0 atom stereocenters. The molecule has 1 saturated heterocycles. The number of carbonyl (C=O) groups excluding carboxylic acids is 1. The van der Waals surface area contributed by atoms with Crippen LogP contribution in [0, 0.1) is 0 Å². The summed E-state index contributed by atoms with van der Waals surface area (Å²) in [5.41, 5.74) is 0. The second kappa shape index (κ2) is 15.4. The zero-order valence-electron chi connectivity index (χ0n) is 18.1. The monoisotopic (exact) mass is 435 g/mol. The number of likely N-dealkylation sites (N-methyl/N-ethyl adjacent to an activating group) is 1. The van der Waals surface area contributed by atoms with Crippen LogP contribution in [0.2, 0.25) is 0 Å². The summed E-state index contributed by atoms with van der Waals surface area (Å²) < 4.78 is 0. The Morgan fingerprint density at radius 2 is 1.10 bits per heavy atom. The van der Waals surface area contributed by atoms with Crippen molar-refractivity contribution in [3.05, 3.63) is 0 Å². The highest BCUT2D eigenvalue weighted by molar-refractivity contribution is 5.77. The zero-order valence-corrected chi connectivity index (χ0v) is 18.1. The molecule has 0 aromatic carbocycles. The summed E-state index contributed by atoms with van der Waals surface area (Å²) in [6, 6.07) is 0. The van der Waals surface area contributed by atoms with Crippen LogP contribution >= 0.6 is 0 Å². The maximum Gasteiger partial charge on any atom is 0.317 e. The lowest BCUT2D eigenvalue weighted by Gasteiger charge is -2.33. The molecule has 0 unspecified atom stereocenters. The number of carbonyl (C=O) groups is 2. The molecular weight excluding hydrogens is 398 g/mol. The summed E-state index contributed by atoms with van der Waals surface area (Å²) in [4.78, 5) is 41.6. The van der Waals surface area contributed by atoms with E-state index in [1.807, 2.05) is 9.80 Å². The molecule has 12 heteroatoms. The number of aliphatic carboxylic acids is 1. The van der Waals surface area contributed by atoms with Crippen LogP contribution in [0.1, 0.15) is 0 Å². The van der Waals surface area contributed by atoms with Crippen molar-refractivity contribution in [3.63, 3.8) is 0 Å². The van der Waals surface area contributed by atoms with E-state index in [0.29, 0.717) is 65.4 Å². The van der Waals surface area contributed by atoms with Gasteiger partial charge in [-0.3, -0.25) is 39.7 Å². The predicted molar refractivity (Wildman–Crippen MR) is 109 cm³/mol. The van der Waals surface area contributed by atoms with Gasteiger partial charge in [-0.2, -0.15) is 0 Å². The summed E-state index contributed by atoms with van der Waals surface area (Å²) in [5.74, 6) is -0.897. The predicted octanol–water partition coefficient (Wildman–Crippen LogP) is -1.64. The Kier molecular flexibility index (Phi) is 13.7. The molecule has 1 aliphatic heterocycles. The fraction of sp³-hybridized carbons (Fsp3) is 0.889. The Morgan fingerprint density at radius 3 is 1.43 bits per heavy atom. The fourth-order valence-corrected chi connectivity index (χ4v) is 3.21. The van der Waals surface area contributed by atoms with Gasteiger partial charge in [0, 0.05) is 79.5 Å². The molecule has 176 valence electrons. The fourth-order valence-electron chi connectivity index (χ4n) is 3.21. The molecule has 0 aromatic rings. The molecular formula is C18H37N5O7. The van der Waals surface area contributed by atoms with Crippen molar-refractivity contribution in [2.45, 2.75) is 0 Å². The Hall–Kier alpha value is -1.38. The first-order valence-corrected chi connectivity index (χ1v) is 10.2. The van der Waals surface area contributed by atoms with Crippen molar-refractivity contribution in [1.29, 1.82) is 0 Å². The molecule has 1 rings (SSSR count). The second-order valence-electron chi connectivity index (χ2n) is 7.58. The molecule has 0 spiro atoms. The Balaban J connectivity index is 2.87. The SMILES string of the molecule is CN(C)C(=O)CN1CCN(CCOO)CCN(CCOO)CCN(CC(=O)O)CC1. The molecule has 1 heterocycles. The third-order valence-corrected chi connectivity index (χ3v) is 5.14. The van der Waals surface area contributed by atoms with Crippen molar-refractivity contribution in [2.24, 2.45) is 0 Å². The van der Waals surface area contributed by atoms with Crippen LogP contribution in [-0.2, 0) is 19.4 Å². The van der Waals surface area contributed by atoms with Gasteiger partial charge in [-0.15, -0.1) is 0 Å². The van der Waals surface area contributed by atoms with Crippen LogP contribution < -0.4 is 0 Å². The van der Waals surface area contributed by atoms with E-state index in [0.717, 1.165) is 0 Å². The van der Waals surface area contributed by atoms with Crippen LogP contribution in [0.5, 0.6) is 0 Å². The first-order valence-electron chi connectivity index (χ1n) is 10.2. The summed E-state index contributed by atoms with van der Waals surface area (Å²) in [6.45, 7) is 6.56. The quantitative estimate of drug-likeness (QED) is 0.270. The van der Waals surface area contributed by atoms with E-state index >= 15 is 0 Å². The van der Waals surface area contributed by atoms with Gasteiger partial charge in [0.1, 0.15) is 0 Å². The molecule has 0 aliphatic carbocycles. The van der Waals surface area contributed by atoms with E-state index in [4.69, 9.17) is 10.5 Å². The lowest BCUT2D eigenvalue weighted by Crippen LogP contribution is -2.49. The molecule has 0 radical (unpaired) electrons. The Bertz CT molecular complexity index is 498.